The number of likely N-dealkylation sites (tertiary alicyclic amines) is 1. The van der Waals surface area contributed by atoms with E-state index in [1.165, 1.54) is 22.3 Å². The lowest BCUT2D eigenvalue weighted by atomic mass is 9.51. The predicted molar refractivity (Wildman–Crippen MR) is 205 cm³/mol. The third kappa shape index (κ3) is 7.57. The maximum Gasteiger partial charge on any atom is 0.410 e. The number of benzene rings is 1. The molecule has 3 aromatic rings. The van der Waals surface area contributed by atoms with Crippen LogP contribution in [0.15, 0.2) is 48.9 Å². The van der Waals surface area contributed by atoms with Gasteiger partial charge < -0.3 is 14.4 Å². The van der Waals surface area contributed by atoms with Crippen LogP contribution in [0.3, 0.4) is 0 Å². The monoisotopic (exact) mass is 745 g/mol. The lowest BCUT2D eigenvalue weighted by molar-refractivity contribution is -0.124. The minimum absolute atomic E-state index is 0.0154. The Labute approximate surface area is 314 Å². The smallest absolute Gasteiger partial charge is 0.410 e. The molecule has 5 fully saturated rings. The predicted octanol–water partition coefficient (Wildman–Crippen LogP) is 7.07. The number of aryl methyl sites for hydroxylation is 1. The summed E-state index contributed by atoms with van der Waals surface area (Å²) in [7, 11) is -1.45. The van der Waals surface area contributed by atoms with Crippen molar-refractivity contribution >= 4 is 27.7 Å². The van der Waals surface area contributed by atoms with E-state index in [0.29, 0.717) is 38.0 Å². The SMILES string of the molecule is COc1ccc(C23CCC(CN(c4cc(-c5cnn(C(C)(C)C)c5)ccn4)C(=O)[C@H]4CC[C@H](OC(=O)N5CC(S(C)(=O)=O)C5)CC4)(CC2)CC3)cc1C. The van der Waals surface area contributed by atoms with E-state index in [4.69, 9.17) is 14.5 Å². The highest BCUT2D eigenvalue weighted by Crippen LogP contribution is 2.58. The first-order chi connectivity index (χ1) is 25.1. The lowest BCUT2D eigenvalue weighted by Crippen LogP contribution is -2.57. The number of sulfone groups is 1. The molecule has 5 aliphatic rings. The number of carbonyl (C=O) groups is 2. The third-order valence-electron chi connectivity index (χ3n) is 12.8. The summed E-state index contributed by atoms with van der Waals surface area (Å²) in [4.78, 5) is 35.7. The van der Waals surface area contributed by atoms with Crippen molar-refractivity contribution < 1.29 is 27.5 Å². The number of hydrogen-bond donors (Lipinski definition) is 0. The van der Waals surface area contributed by atoms with Crippen molar-refractivity contribution in [3.8, 4) is 16.9 Å². The molecule has 2 aromatic heterocycles. The molecule has 1 aromatic carbocycles. The second-order valence-corrected chi connectivity index (χ2v) is 19.7. The summed E-state index contributed by atoms with van der Waals surface area (Å²) in [5.74, 6) is 1.48. The first-order valence-electron chi connectivity index (χ1n) is 19.2. The molecule has 11 nitrogen and oxygen atoms in total. The standard InChI is InChI=1S/C41H55N5O6S/c1-28-21-32(9-12-35(28)51-5)41-17-14-40(15-18-41,16-19-41)27-45(36-22-30(13-20-42-36)31-23-43-46(24-31)39(2,3)4)37(47)29-7-10-33(11-8-29)52-38(48)44-25-34(26-44)53(6,49)50/h9,12-13,20-24,29,33-34H,7-8,10-11,14-19,25-27H2,1-6H3/t29-,33-,40?,41?. The number of carbonyl (C=O) groups excluding carboxylic acids is 2. The van der Waals surface area contributed by atoms with Crippen molar-refractivity contribution in [2.75, 3.05) is 37.9 Å². The topological polar surface area (TPSA) is 124 Å². The number of amides is 2. The molecule has 4 aliphatic carbocycles. The Balaban J connectivity index is 1.08. The van der Waals surface area contributed by atoms with E-state index in [1.54, 1.807) is 13.3 Å². The van der Waals surface area contributed by atoms with E-state index in [2.05, 4.69) is 57.2 Å². The molecular weight excluding hydrogens is 691 g/mol. The molecule has 0 N–H and O–H groups in total. The Kier molecular flexibility index (Phi) is 9.91. The van der Waals surface area contributed by atoms with Crippen LogP contribution in [0, 0.1) is 18.3 Å². The number of fused-ring (bicyclic) bond motifs is 3. The Bertz CT molecular complexity index is 1930. The van der Waals surface area contributed by atoms with Crippen LogP contribution < -0.4 is 9.64 Å². The number of nitrogens with zero attached hydrogens (tertiary/aromatic N) is 5. The van der Waals surface area contributed by atoms with Gasteiger partial charge >= 0.3 is 6.09 Å². The van der Waals surface area contributed by atoms with E-state index in [-0.39, 0.29) is 47.4 Å². The van der Waals surface area contributed by atoms with Gasteiger partial charge in [0, 0.05) is 49.8 Å². The minimum atomic E-state index is -3.18. The number of anilines is 1. The maximum absolute atomic E-state index is 14.7. The number of pyridine rings is 1. The van der Waals surface area contributed by atoms with Gasteiger partial charge in [0.25, 0.3) is 0 Å². The fourth-order valence-corrected chi connectivity index (χ4v) is 9.96. The Morgan fingerprint density at radius 2 is 1.64 bits per heavy atom. The molecule has 8 rings (SSSR count). The van der Waals surface area contributed by atoms with E-state index in [1.807, 2.05) is 27.9 Å². The van der Waals surface area contributed by atoms with Gasteiger partial charge in [-0.05, 0) is 138 Å². The fraction of sp³-hybridized carbons (Fsp3) is 0.610. The highest BCUT2D eigenvalue weighted by atomic mass is 32.2. The van der Waals surface area contributed by atoms with Gasteiger partial charge in [-0.2, -0.15) is 5.10 Å². The van der Waals surface area contributed by atoms with Crippen LogP contribution in [0.25, 0.3) is 11.1 Å². The summed E-state index contributed by atoms with van der Waals surface area (Å²) in [6, 6.07) is 10.7. The largest absolute Gasteiger partial charge is 0.496 e. The molecule has 2 amide bonds. The van der Waals surface area contributed by atoms with Crippen LogP contribution in [0.2, 0.25) is 0 Å². The number of hydrogen-bond acceptors (Lipinski definition) is 8. The Hall–Kier alpha value is -3.93. The van der Waals surface area contributed by atoms with Gasteiger partial charge in [-0.15, -0.1) is 0 Å². The summed E-state index contributed by atoms with van der Waals surface area (Å²) in [6.07, 6.45) is 15.0. The molecule has 0 unspecified atom stereocenters. The summed E-state index contributed by atoms with van der Waals surface area (Å²) in [5, 5.41) is 4.10. The summed E-state index contributed by atoms with van der Waals surface area (Å²) < 4.78 is 36.9. The van der Waals surface area contributed by atoms with Crippen molar-refractivity contribution in [2.24, 2.45) is 11.3 Å². The number of methoxy groups -OCH3 is 1. The number of rotatable bonds is 9. The van der Waals surface area contributed by atoms with Gasteiger partial charge in [-0.25, -0.2) is 18.2 Å². The normalized spacial score (nSPS) is 26.2. The molecule has 53 heavy (non-hydrogen) atoms. The first-order valence-corrected chi connectivity index (χ1v) is 21.2. The van der Waals surface area contributed by atoms with Crippen LogP contribution in [0.4, 0.5) is 10.6 Å². The van der Waals surface area contributed by atoms with Crippen molar-refractivity contribution in [2.45, 2.75) is 114 Å². The lowest BCUT2D eigenvalue weighted by Gasteiger charge is -2.55. The third-order valence-corrected chi connectivity index (χ3v) is 14.3. The second-order valence-electron chi connectivity index (χ2n) is 17.4. The van der Waals surface area contributed by atoms with Crippen molar-refractivity contribution in [1.82, 2.24) is 19.7 Å². The fourth-order valence-electron chi connectivity index (χ4n) is 9.06. The highest BCUT2D eigenvalue weighted by Gasteiger charge is 2.51. The van der Waals surface area contributed by atoms with E-state index in [9.17, 15) is 18.0 Å². The van der Waals surface area contributed by atoms with Gasteiger partial charge in [0.2, 0.25) is 5.91 Å². The summed E-state index contributed by atoms with van der Waals surface area (Å²) >= 11 is 0. The number of aromatic nitrogens is 3. The maximum atomic E-state index is 14.7. The van der Waals surface area contributed by atoms with Gasteiger partial charge in [0.1, 0.15) is 17.7 Å². The zero-order valence-electron chi connectivity index (χ0n) is 32.1. The van der Waals surface area contributed by atoms with E-state index >= 15 is 0 Å². The minimum Gasteiger partial charge on any atom is -0.496 e. The van der Waals surface area contributed by atoms with E-state index in [0.717, 1.165) is 55.4 Å². The highest BCUT2D eigenvalue weighted by molar-refractivity contribution is 7.91. The Morgan fingerprint density at radius 3 is 2.23 bits per heavy atom. The van der Waals surface area contributed by atoms with Crippen LogP contribution in [-0.2, 0) is 30.3 Å². The molecule has 1 saturated heterocycles. The van der Waals surface area contributed by atoms with Gasteiger partial charge in [-0.1, -0.05) is 12.1 Å². The first kappa shape index (κ1) is 37.4. The quantitative estimate of drug-likeness (QED) is 0.228. The molecule has 4 saturated carbocycles. The molecule has 0 atom stereocenters. The van der Waals surface area contributed by atoms with Crippen LogP contribution >= 0.6 is 0 Å². The zero-order valence-corrected chi connectivity index (χ0v) is 33.0. The van der Waals surface area contributed by atoms with Crippen molar-refractivity contribution in [1.29, 1.82) is 0 Å². The molecular formula is C41H55N5O6S. The average Bonchev–Trinajstić information content (AvgIpc) is 3.62. The molecule has 286 valence electrons. The molecule has 2 bridgehead atoms. The van der Waals surface area contributed by atoms with Gasteiger partial charge in [0.05, 0.1) is 24.1 Å². The van der Waals surface area contributed by atoms with Crippen LogP contribution in [-0.4, -0.2) is 84.4 Å². The second kappa shape index (κ2) is 14.0. The molecule has 1 aliphatic heterocycles. The van der Waals surface area contributed by atoms with Crippen LogP contribution in [0.5, 0.6) is 5.75 Å². The average molecular weight is 746 g/mol. The molecule has 3 heterocycles. The molecule has 0 radical (unpaired) electrons. The van der Waals surface area contributed by atoms with Gasteiger partial charge in [-0.3, -0.25) is 14.4 Å². The Morgan fingerprint density at radius 1 is 0.962 bits per heavy atom. The zero-order chi connectivity index (χ0) is 37.8. The van der Waals surface area contributed by atoms with Gasteiger partial charge in [0.15, 0.2) is 9.84 Å². The molecule has 12 heteroatoms. The molecule has 0 spiro atoms. The van der Waals surface area contributed by atoms with Crippen LogP contribution in [0.1, 0.15) is 96.1 Å². The summed E-state index contributed by atoms with van der Waals surface area (Å²) in [5.41, 5.74) is 4.56. The van der Waals surface area contributed by atoms with Crippen molar-refractivity contribution in [3.05, 3.63) is 60.0 Å². The number of ether oxygens (including phenoxy) is 2. The van der Waals surface area contributed by atoms with Crippen molar-refractivity contribution in [3.63, 3.8) is 0 Å². The van der Waals surface area contributed by atoms with E-state index < -0.39 is 21.2 Å². The summed E-state index contributed by atoms with van der Waals surface area (Å²) in [6.45, 7) is 9.46.